The number of fused-ring (bicyclic) bond motifs is 1. The van der Waals surface area contributed by atoms with E-state index in [0.717, 1.165) is 60.7 Å². The predicted molar refractivity (Wildman–Crippen MR) is 188 cm³/mol. The molecule has 14 nitrogen and oxygen atoms in total. The van der Waals surface area contributed by atoms with Crippen molar-refractivity contribution in [3.8, 4) is 11.5 Å². The molecule has 0 amide bonds. The number of nitrogens with zero attached hydrogens (tertiary/aromatic N) is 3. The van der Waals surface area contributed by atoms with Gasteiger partial charge in [0.2, 0.25) is 6.29 Å². The summed E-state index contributed by atoms with van der Waals surface area (Å²) in [6.45, 7) is 6.59. The monoisotopic (exact) mass is 724 g/mol. The SMILES string of the molecule is COCCCN1CCOc2ccc(COC3CNCC(OC(=O)OC(C)O[N+](=O)[O-])C3c3ccc(OC4CCN(c5cccc(F)c5)C4)cc3)cc21. The Balaban J connectivity index is 1.15. The van der Waals surface area contributed by atoms with Crippen LogP contribution in [0.3, 0.4) is 0 Å². The fourth-order valence-corrected chi connectivity index (χ4v) is 6.93. The standard InChI is InChI=1S/C37H45FN4O10/c1-25(52-42(44)45)49-37(43)51-35-22-39-21-34(48-24-26-7-12-33-32(19-26)40(16-18-47-33)14-4-17-46-2)36(35)27-8-10-30(11-9-27)50-31-13-15-41(23-31)29-6-3-5-28(38)20-29/h3,5-12,19-20,25,31,34-36,39H,4,13-18,21-24H2,1-2H3. The van der Waals surface area contributed by atoms with Crippen molar-refractivity contribution in [3.63, 3.8) is 0 Å². The molecule has 0 bridgehead atoms. The smallest absolute Gasteiger partial charge is 0.490 e. The molecule has 3 aromatic carbocycles. The van der Waals surface area contributed by atoms with Crippen LogP contribution in [0, 0.1) is 15.9 Å². The lowest BCUT2D eigenvalue weighted by Gasteiger charge is -2.38. The van der Waals surface area contributed by atoms with Gasteiger partial charge in [-0.15, -0.1) is 10.1 Å². The third-order valence-corrected chi connectivity index (χ3v) is 9.35. The largest absolute Gasteiger partial charge is 0.510 e. The topological polar surface area (TPSA) is 143 Å². The highest BCUT2D eigenvalue weighted by molar-refractivity contribution is 5.61. The molecule has 3 heterocycles. The Hall–Kier alpha value is -4.86. The number of halogens is 1. The summed E-state index contributed by atoms with van der Waals surface area (Å²) in [5.41, 5.74) is 3.64. The van der Waals surface area contributed by atoms with Crippen LogP contribution in [0.2, 0.25) is 0 Å². The number of carbonyl (C=O) groups is 1. The van der Waals surface area contributed by atoms with E-state index in [2.05, 4.69) is 26.0 Å². The molecule has 1 N–H and O–H groups in total. The van der Waals surface area contributed by atoms with Crippen molar-refractivity contribution in [1.82, 2.24) is 5.32 Å². The van der Waals surface area contributed by atoms with E-state index in [9.17, 15) is 19.3 Å². The highest BCUT2D eigenvalue weighted by Gasteiger charge is 2.39. The molecule has 2 fully saturated rings. The highest BCUT2D eigenvalue weighted by Crippen LogP contribution is 2.35. The van der Waals surface area contributed by atoms with Gasteiger partial charge in [0.1, 0.15) is 36.1 Å². The number of rotatable bonds is 15. The van der Waals surface area contributed by atoms with Crippen molar-refractivity contribution in [2.75, 3.05) is 69.4 Å². The molecule has 0 aliphatic carbocycles. The molecule has 0 aromatic heterocycles. The van der Waals surface area contributed by atoms with E-state index in [4.69, 9.17) is 28.4 Å². The third kappa shape index (κ3) is 9.72. The summed E-state index contributed by atoms with van der Waals surface area (Å²) >= 11 is 0. The summed E-state index contributed by atoms with van der Waals surface area (Å²) in [6, 6.07) is 20.2. The highest BCUT2D eigenvalue weighted by atomic mass is 19.1. The number of hydrogen-bond acceptors (Lipinski definition) is 13. The van der Waals surface area contributed by atoms with Crippen molar-refractivity contribution < 1.29 is 47.5 Å². The molecule has 3 aliphatic heterocycles. The van der Waals surface area contributed by atoms with Crippen LogP contribution in [0.25, 0.3) is 0 Å². The first kappa shape index (κ1) is 36.9. The maximum absolute atomic E-state index is 13.8. The second-order valence-corrected chi connectivity index (χ2v) is 13.0. The van der Waals surface area contributed by atoms with Crippen LogP contribution >= 0.6 is 0 Å². The van der Waals surface area contributed by atoms with Gasteiger partial charge in [-0.2, -0.15) is 0 Å². The zero-order valence-electron chi connectivity index (χ0n) is 29.3. The molecule has 3 aliphatic rings. The van der Waals surface area contributed by atoms with E-state index in [-0.39, 0.29) is 18.5 Å². The molecule has 15 heteroatoms. The van der Waals surface area contributed by atoms with Gasteiger partial charge in [0.25, 0.3) is 5.09 Å². The molecule has 2 saturated heterocycles. The fraction of sp³-hybridized carbons (Fsp3) is 0.486. The van der Waals surface area contributed by atoms with Gasteiger partial charge >= 0.3 is 6.16 Å². The Bertz CT molecular complexity index is 1650. The summed E-state index contributed by atoms with van der Waals surface area (Å²) in [6.07, 6.45) is -2.09. The maximum Gasteiger partial charge on any atom is 0.510 e. The van der Waals surface area contributed by atoms with Crippen molar-refractivity contribution in [2.24, 2.45) is 0 Å². The van der Waals surface area contributed by atoms with E-state index in [1.807, 2.05) is 42.5 Å². The number of piperidine rings is 1. The Morgan fingerprint density at radius 2 is 1.92 bits per heavy atom. The summed E-state index contributed by atoms with van der Waals surface area (Å²) in [5.74, 6) is 0.810. The molecule has 52 heavy (non-hydrogen) atoms. The fourth-order valence-electron chi connectivity index (χ4n) is 6.93. The van der Waals surface area contributed by atoms with Crippen molar-refractivity contribution in [1.29, 1.82) is 0 Å². The molecule has 0 saturated carbocycles. The lowest BCUT2D eigenvalue weighted by molar-refractivity contribution is -0.777. The first-order chi connectivity index (χ1) is 25.2. The summed E-state index contributed by atoms with van der Waals surface area (Å²) in [4.78, 5) is 32.2. The van der Waals surface area contributed by atoms with Crippen LogP contribution in [-0.2, 0) is 30.4 Å². The van der Waals surface area contributed by atoms with Gasteiger partial charge in [0, 0.05) is 57.9 Å². The molecule has 6 rings (SSSR count). The quantitative estimate of drug-likeness (QED) is 0.0734. The first-order valence-electron chi connectivity index (χ1n) is 17.5. The Labute approximate surface area is 301 Å². The van der Waals surface area contributed by atoms with Crippen LogP contribution in [-0.4, -0.2) is 95.4 Å². The van der Waals surface area contributed by atoms with Crippen LogP contribution in [0.15, 0.2) is 66.7 Å². The van der Waals surface area contributed by atoms with Gasteiger partial charge in [-0.1, -0.05) is 24.3 Å². The number of carbonyl (C=O) groups excluding carboxylic acids is 1. The number of benzene rings is 3. The zero-order chi connectivity index (χ0) is 36.5. The first-order valence-corrected chi connectivity index (χ1v) is 17.5. The van der Waals surface area contributed by atoms with Crippen LogP contribution in [0.4, 0.5) is 20.6 Å². The number of ether oxygens (including phenoxy) is 6. The second kappa shape index (κ2) is 17.6. The van der Waals surface area contributed by atoms with Gasteiger partial charge in [0.15, 0.2) is 0 Å². The van der Waals surface area contributed by atoms with E-state index in [1.165, 1.54) is 19.1 Å². The zero-order valence-corrected chi connectivity index (χ0v) is 29.3. The average molecular weight is 725 g/mol. The Kier molecular flexibility index (Phi) is 12.5. The predicted octanol–water partition coefficient (Wildman–Crippen LogP) is 5.07. The number of nitrogens with one attached hydrogen (secondary N) is 1. The Morgan fingerprint density at radius 3 is 2.71 bits per heavy atom. The van der Waals surface area contributed by atoms with E-state index < -0.39 is 35.7 Å². The molecule has 0 radical (unpaired) electrons. The minimum Gasteiger partial charge on any atom is -0.490 e. The van der Waals surface area contributed by atoms with Crippen molar-refractivity contribution >= 4 is 17.5 Å². The van der Waals surface area contributed by atoms with Crippen LogP contribution < -0.4 is 24.6 Å². The number of anilines is 2. The van der Waals surface area contributed by atoms with Gasteiger partial charge in [-0.05, 0) is 66.9 Å². The molecule has 5 unspecified atom stereocenters. The Morgan fingerprint density at radius 1 is 1.10 bits per heavy atom. The summed E-state index contributed by atoms with van der Waals surface area (Å²) in [5, 5.41) is 13.0. The van der Waals surface area contributed by atoms with E-state index in [0.29, 0.717) is 38.6 Å². The average Bonchev–Trinajstić information content (AvgIpc) is 3.59. The van der Waals surface area contributed by atoms with Gasteiger partial charge in [0.05, 0.1) is 31.5 Å². The molecular weight excluding hydrogens is 679 g/mol. The molecular formula is C37H45FN4O10. The molecule has 5 atom stereocenters. The number of methoxy groups -OCH3 is 1. The van der Waals surface area contributed by atoms with Crippen LogP contribution in [0.1, 0.15) is 36.8 Å². The lowest BCUT2D eigenvalue weighted by Crippen LogP contribution is -2.51. The maximum atomic E-state index is 13.8. The minimum absolute atomic E-state index is 0.0729. The normalized spacial score (nSPS) is 21.8. The lowest BCUT2D eigenvalue weighted by atomic mass is 9.85. The molecule has 280 valence electrons. The van der Waals surface area contributed by atoms with Crippen molar-refractivity contribution in [3.05, 3.63) is 93.8 Å². The van der Waals surface area contributed by atoms with E-state index in [1.54, 1.807) is 13.2 Å². The van der Waals surface area contributed by atoms with Crippen LogP contribution in [0.5, 0.6) is 11.5 Å². The van der Waals surface area contributed by atoms with Gasteiger partial charge < -0.3 is 43.5 Å². The second-order valence-electron chi connectivity index (χ2n) is 13.0. The van der Waals surface area contributed by atoms with Gasteiger partial charge in [-0.3, -0.25) is 4.84 Å². The minimum atomic E-state index is -1.45. The third-order valence-electron chi connectivity index (χ3n) is 9.35. The summed E-state index contributed by atoms with van der Waals surface area (Å²) < 4.78 is 48.5. The molecule has 0 spiro atoms. The summed E-state index contributed by atoms with van der Waals surface area (Å²) in [7, 11) is 1.70. The van der Waals surface area contributed by atoms with Crippen molar-refractivity contribution in [2.45, 2.75) is 56.9 Å². The van der Waals surface area contributed by atoms with Gasteiger partial charge in [-0.25, -0.2) is 9.18 Å². The number of hydrogen-bond donors (Lipinski definition) is 1. The molecule has 3 aromatic rings. The van der Waals surface area contributed by atoms with E-state index >= 15 is 0 Å².